The number of benzene rings is 2. The first kappa shape index (κ1) is 21.8. The van der Waals surface area contributed by atoms with E-state index in [0.29, 0.717) is 16.6 Å². The van der Waals surface area contributed by atoms with Crippen molar-refractivity contribution >= 4 is 38.7 Å². The Morgan fingerprint density at radius 1 is 1.13 bits per heavy atom. The van der Waals surface area contributed by atoms with Crippen LogP contribution in [0.5, 0.6) is 11.5 Å². The van der Waals surface area contributed by atoms with E-state index in [1.54, 1.807) is 13.2 Å². The molecule has 0 atom stereocenters. The third kappa shape index (κ3) is 5.39. The Morgan fingerprint density at radius 2 is 1.90 bits per heavy atom. The highest BCUT2D eigenvalue weighted by Gasteiger charge is 2.15. The molecule has 0 saturated carbocycles. The summed E-state index contributed by atoms with van der Waals surface area (Å²) < 4.78 is 12.2. The van der Waals surface area contributed by atoms with Crippen molar-refractivity contribution in [3.63, 3.8) is 0 Å². The van der Waals surface area contributed by atoms with Crippen molar-refractivity contribution < 1.29 is 14.3 Å². The van der Waals surface area contributed by atoms with Gasteiger partial charge >= 0.3 is 0 Å². The zero-order valence-electron chi connectivity index (χ0n) is 18.3. The number of rotatable bonds is 6. The summed E-state index contributed by atoms with van der Waals surface area (Å²) in [4.78, 5) is 16.9. The van der Waals surface area contributed by atoms with Crippen molar-refractivity contribution in [1.29, 1.82) is 0 Å². The highest BCUT2D eigenvalue weighted by Crippen LogP contribution is 2.31. The van der Waals surface area contributed by atoms with Crippen LogP contribution in [-0.4, -0.2) is 24.1 Å². The maximum Gasteiger partial charge on any atom is 0.250 e. The molecular formula is C24H28N2O3S. The number of anilines is 1. The maximum absolute atomic E-state index is 12.4. The summed E-state index contributed by atoms with van der Waals surface area (Å²) in [6.45, 7) is 10.5. The minimum Gasteiger partial charge on any atom is -0.493 e. The number of nitrogens with zero attached hydrogens (tertiary/aromatic N) is 1. The first-order valence-electron chi connectivity index (χ1n) is 9.90. The molecule has 1 heterocycles. The highest BCUT2D eigenvalue weighted by atomic mass is 32.1. The van der Waals surface area contributed by atoms with Crippen LogP contribution in [0.2, 0.25) is 0 Å². The molecule has 0 aliphatic carbocycles. The van der Waals surface area contributed by atoms with E-state index in [1.807, 2.05) is 38.1 Å². The predicted molar refractivity (Wildman–Crippen MR) is 125 cm³/mol. The van der Waals surface area contributed by atoms with E-state index in [9.17, 15) is 4.79 Å². The zero-order chi connectivity index (χ0) is 21.9. The second-order valence-corrected chi connectivity index (χ2v) is 9.38. The minimum absolute atomic E-state index is 0.0550. The Bertz CT molecular complexity index is 1080. The van der Waals surface area contributed by atoms with Crippen LogP contribution in [0.25, 0.3) is 16.3 Å². The smallest absolute Gasteiger partial charge is 0.250 e. The van der Waals surface area contributed by atoms with Crippen molar-refractivity contribution in [3.05, 3.63) is 53.6 Å². The fourth-order valence-electron chi connectivity index (χ4n) is 2.90. The normalized spacial score (nSPS) is 12.0. The lowest BCUT2D eigenvalue weighted by molar-refractivity contribution is -0.111. The zero-order valence-corrected chi connectivity index (χ0v) is 19.1. The Hall–Kier alpha value is -2.86. The second-order valence-electron chi connectivity index (χ2n) is 8.35. The van der Waals surface area contributed by atoms with E-state index in [1.165, 1.54) is 23.0 Å². The Kier molecular flexibility index (Phi) is 6.46. The van der Waals surface area contributed by atoms with Crippen LogP contribution >= 0.6 is 11.3 Å². The van der Waals surface area contributed by atoms with Crippen molar-refractivity contribution in [1.82, 2.24) is 4.98 Å². The number of methoxy groups -OCH3 is 1. The minimum atomic E-state index is -0.230. The lowest BCUT2D eigenvalue weighted by atomic mass is 9.87. The van der Waals surface area contributed by atoms with Crippen LogP contribution in [0.1, 0.15) is 45.7 Å². The molecule has 0 aliphatic rings. The van der Waals surface area contributed by atoms with Crippen LogP contribution in [-0.2, 0) is 10.2 Å². The molecule has 0 radical (unpaired) electrons. The molecule has 0 saturated heterocycles. The van der Waals surface area contributed by atoms with Crippen LogP contribution in [0, 0.1) is 0 Å². The molecule has 0 fully saturated rings. The number of hydrogen-bond acceptors (Lipinski definition) is 5. The molecule has 30 heavy (non-hydrogen) atoms. The molecule has 1 amide bonds. The van der Waals surface area contributed by atoms with Gasteiger partial charge in [-0.25, -0.2) is 4.98 Å². The predicted octanol–water partition coefficient (Wildman–Crippen LogP) is 6.04. The lowest BCUT2D eigenvalue weighted by Gasteiger charge is -2.18. The Morgan fingerprint density at radius 3 is 2.57 bits per heavy atom. The summed E-state index contributed by atoms with van der Waals surface area (Å²) in [6.07, 6.45) is 3.28. The van der Waals surface area contributed by atoms with Gasteiger partial charge in [0.1, 0.15) is 0 Å². The van der Waals surface area contributed by atoms with Gasteiger partial charge in [-0.3, -0.25) is 10.1 Å². The Balaban J connectivity index is 1.71. The van der Waals surface area contributed by atoms with Gasteiger partial charge in [0.15, 0.2) is 16.6 Å². The van der Waals surface area contributed by atoms with Crippen LogP contribution in [0.15, 0.2) is 42.5 Å². The molecule has 0 unspecified atom stereocenters. The molecule has 6 heteroatoms. The van der Waals surface area contributed by atoms with Gasteiger partial charge in [0.25, 0.3) is 0 Å². The first-order valence-corrected chi connectivity index (χ1v) is 10.7. The van der Waals surface area contributed by atoms with Gasteiger partial charge in [0.05, 0.1) is 23.4 Å². The van der Waals surface area contributed by atoms with E-state index in [4.69, 9.17) is 9.47 Å². The number of amides is 1. The summed E-state index contributed by atoms with van der Waals surface area (Å²) in [5.41, 5.74) is 3.05. The third-order valence-electron chi connectivity index (χ3n) is 4.46. The average molecular weight is 425 g/mol. The summed E-state index contributed by atoms with van der Waals surface area (Å²) in [5, 5.41) is 3.44. The number of carbonyl (C=O) groups is 1. The largest absolute Gasteiger partial charge is 0.493 e. The highest BCUT2D eigenvalue weighted by molar-refractivity contribution is 7.22. The molecule has 0 aliphatic heterocycles. The topological polar surface area (TPSA) is 60.5 Å². The maximum atomic E-state index is 12.4. The molecule has 5 nitrogen and oxygen atoms in total. The van der Waals surface area contributed by atoms with Crippen molar-refractivity contribution in [2.45, 2.75) is 46.1 Å². The summed E-state index contributed by atoms with van der Waals surface area (Å²) in [6, 6.07) is 11.8. The van der Waals surface area contributed by atoms with Gasteiger partial charge in [-0.05, 0) is 60.7 Å². The van der Waals surface area contributed by atoms with Gasteiger partial charge < -0.3 is 9.47 Å². The average Bonchev–Trinajstić information content (AvgIpc) is 3.07. The molecule has 158 valence electrons. The van der Waals surface area contributed by atoms with E-state index in [2.05, 4.69) is 43.2 Å². The molecule has 1 N–H and O–H groups in total. The second kappa shape index (κ2) is 8.88. The number of aromatic nitrogens is 1. The SMILES string of the molecule is COc1cc(/C=C/C(=O)Nc2nc3ccc(C(C)(C)C)cc3s2)ccc1OC(C)C. The fourth-order valence-corrected chi connectivity index (χ4v) is 3.81. The molecule has 2 aromatic carbocycles. The molecule has 3 rings (SSSR count). The Labute approximate surface area is 181 Å². The van der Waals surface area contributed by atoms with E-state index in [-0.39, 0.29) is 17.4 Å². The van der Waals surface area contributed by atoms with Crippen molar-refractivity contribution in [2.75, 3.05) is 12.4 Å². The van der Waals surface area contributed by atoms with Crippen LogP contribution in [0.3, 0.4) is 0 Å². The number of nitrogens with one attached hydrogen (secondary N) is 1. The van der Waals surface area contributed by atoms with Gasteiger partial charge in [0.2, 0.25) is 5.91 Å². The number of thiazole rings is 1. The molecule has 0 spiro atoms. The van der Waals surface area contributed by atoms with Crippen molar-refractivity contribution in [2.24, 2.45) is 0 Å². The van der Waals surface area contributed by atoms with Gasteiger partial charge in [-0.1, -0.05) is 44.2 Å². The monoisotopic (exact) mass is 424 g/mol. The van der Waals surface area contributed by atoms with Crippen LogP contribution in [0.4, 0.5) is 5.13 Å². The first-order chi connectivity index (χ1) is 14.2. The summed E-state index contributed by atoms with van der Waals surface area (Å²) in [5.74, 6) is 1.08. The van der Waals surface area contributed by atoms with Gasteiger partial charge in [-0.15, -0.1) is 0 Å². The lowest BCUT2D eigenvalue weighted by Crippen LogP contribution is -2.10. The number of fused-ring (bicyclic) bond motifs is 1. The molecular weight excluding hydrogens is 396 g/mol. The molecule has 3 aromatic rings. The fraction of sp³-hybridized carbons (Fsp3) is 0.333. The van der Waals surface area contributed by atoms with Crippen molar-refractivity contribution in [3.8, 4) is 11.5 Å². The van der Waals surface area contributed by atoms with Gasteiger partial charge in [0, 0.05) is 6.08 Å². The van der Waals surface area contributed by atoms with E-state index < -0.39 is 0 Å². The van der Waals surface area contributed by atoms with Crippen LogP contribution < -0.4 is 14.8 Å². The summed E-state index contributed by atoms with van der Waals surface area (Å²) >= 11 is 1.48. The van der Waals surface area contributed by atoms with Gasteiger partial charge in [-0.2, -0.15) is 0 Å². The third-order valence-corrected chi connectivity index (χ3v) is 5.40. The molecule has 0 bridgehead atoms. The quantitative estimate of drug-likeness (QED) is 0.490. The molecule has 1 aromatic heterocycles. The number of ether oxygens (including phenoxy) is 2. The standard InChI is InChI=1S/C24H28N2O3S/c1-15(2)29-19-11-7-16(13-20(19)28-6)8-12-22(27)26-23-25-18-10-9-17(24(3,4)5)14-21(18)30-23/h7-15H,1-6H3,(H,25,26,27)/b12-8+. The number of hydrogen-bond donors (Lipinski definition) is 1. The van der Waals surface area contributed by atoms with E-state index >= 15 is 0 Å². The summed E-state index contributed by atoms with van der Waals surface area (Å²) in [7, 11) is 1.60. The number of carbonyl (C=O) groups excluding carboxylic acids is 1. The van der Waals surface area contributed by atoms with E-state index in [0.717, 1.165) is 15.8 Å².